The Morgan fingerprint density at radius 2 is 2.06 bits per heavy atom. The van der Waals surface area contributed by atoms with Crippen LogP contribution >= 0.6 is 11.3 Å². The molecule has 3 N–H and O–H groups in total. The summed E-state index contributed by atoms with van der Waals surface area (Å²) in [5, 5.41) is 4.07. The zero-order chi connectivity index (χ0) is 24.1. The Labute approximate surface area is 206 Å². The molecule has 2 aromatic heterocycles. The van der Waals surface area contributed by atoms with Gasteiger partial charge >= 0.3 is 6.09 Å². The molecule has 0 radical (unpaired) electrons. The maximum absolute atomic E-state index is 13.0. The van der Waals surface area contributed by atoms with Crippen LogP contribution in [0.3, 0.4) is 0 Å². The Morgan fingerprint density at radius 3 is 2.74 bits per heavy atom. The highest BCUT2D eigenvalue weighted by molar-refractivity contribution is 7.83. The van der Waals surface area contributed by atoms with Crippen LogP contribution in [-0.4, -0.2) is 43.9 Å². The molecule has 0 spiro atoms. The highest BCUT2D eigenvalue weighted by Gasteiger charge is 2.26. The van der Waals surface area contributed by atoms with Crippen molar-refractivity contribution in [1.82, 2.24) is 25.0 Å². The van der Waals surface area contributed by atoms with Gasteiger partial charge in [0.05, 0.1) is 20.9 Å². The second-order valence-corrected chi connectivity index (χ2v) is 11.0. The minimum absolute atomic E-state index is 0.120. The number of nitrogens with one attached hydrogen (secondary N) is 3. The quantitative estimate of drug-likeness (QED) is 0.403. The lowest BCUT2D eigenvalue weighted by molar-refractivity contribution is 0.109. The number of alkyl carbamates (subject to hydrolysis) is 1. The second kappa shape index (κ2) is 11.2. The zero-order valence-electron chi connectivity index (χ0n) is 19.7. The molecule has 1 aromatic carbocycles. The first-order valence-corrected chi connectivity index (χ1v) is 13.6. The fourth-order valence-electron chi connectivity index (χ4n) is 4.16. The molecule has 1 atom stereocenters. The maximum Gasteiger partial charge on any atom is 0.407 e. The van der Waals surface area contributed by atoms with Gasteiger partial charge in [0.15, 0.2) is 0 Å². The first-order chi connectivity index (χ1) is 16.4. The van der Waals surface area contributed by atoms with Crippen LogP contribution in [0.5, 0.6) is 0 Å². The van der Waals surface area contributed by atoms with E-state index in [0.717, 1.165) is 57.4 Å². The molecule has 3 aromatic rings. The van der Waals surface area contributed by atoms with Gasteiger partial charge in [-0.1, -0.05) is 19.1 Å². The van der Waals surface area contributed by atoms with Crippen molar-refractivity contribution in [3.05, 3.63) is 41.8 Å². The molecule has 182 valence electrons. The van der Waals surface area contributed by atoms with E-state index >= 15 is 0 Å². The third kappa shape index (κ3) is 5.92. The number of benzene rings is 1. The van der Waals surface area contributed by atoms with E-state index in [1.165, 1.54) is 0 Å². The number of rotatable bonds is 8. The van der Waals surface area contributed by atoms with E-state index in [9.17, 15) is 9.00 Å². The molecule has 0 saturated heterocycles. The molecule has 1 fully saturated rings. The van der Waals surface area contributed by atoms with Gasteiger partial charge in [-0.3, -0.25) is 0 Å². The fraction of sp³-hybridized carbons (Fsp3) is 0.458. The molecule has 1 aliphatic rings. The molecular weight excluding hydrogens is 470 g/mol. The number of hydrogen-bond donors (Lipinski definition) is 3. The molecule has 1 aliphatic carbocycles. The van der Waals surface area contributed by atoms with Crippen molar-refractivity contribution in [1.29, 1.82) is 0 Å². The molecule has 1 saturated carbocycles. The predicted octanol–water partition coefficient (Wildman–Crippen LogP) is 4.99. The topological polar surface area (TPSA) is 109 Å². The minimum Gasteiger partial charge on any atom is -0.447 e. The Hall–Kier alpha value is -2.56. The van der Waals surface area contributed by atoms with Gasteiger partial charge in [-0.15, -0.1) is 11.3 Å². The summed E-state index contributed by atoms with van der Waals surface area (Å²) in [4.78, 5) is 25.8. The molecule has 1 unspecified atom stereocenters. The van der Waals surface area contributed by atoms with Crippen molar-refractivity contribution < 1.29 is 13.7 Å². The molecule has 34 heavy (non-hydrogen) atoms. The van der Waals surface area contributed by atoms with Crippen molar-refractivity contribution in [3.63, 3.8) is 0 Å². The van der Waals surface area contributed by atoms with E-state index in [1.807, 2.05) is 45.2 Å². The highest BCUT2D eigenvalue weighted by Crippen LogP contribution is 2.39. The molecule has 2 heterocycles. The summed E-state index contributed by atoms with van der Waals surface area (Å²) < 4.78 is 21.2. The van der Waals surface area contributed by atoms with E-state index < -0.39 is 11.0 Å². The number of amides is 1. The molecule has 8 nitrogen and oxygen atoms in total. The van der Waals surface area contributed by atoms with Crippen molar-refractivity contribution in [2.75, 3.05) is 6.54 Å². The van der Waals surface area contributed by atoms with E-state index in [1.54, 1.807) is 23.7 Å². The van der Waals surface area contributed by atoms with Crippen LogP contribution in [0.15, 0.2) is 41.7 Å². The van der Waals surface area contributed by atoms with Crippen LogP contribution in [0.4, 0.5) is 4.79 Å². The average molecular weight is 502 g/mol. The number of H-pyrrole nitrogens is 1. The summed E-state index contributed by atoms with van der Waals surface area (Å²) in [6.45, 7) is 6.24. The summed E-state index contributed by atoms with van der Waals surface area (Å²) in [5.41, 5.74) is 1.81. The van der Waals surface area contributed by atoms with E-state index in [4.69, 9.17) is 9.72 Å². The van der Waals surface area contributed by atoms with Crippen LogP contribution < -0.4 is 10.0 Å². The van der Waals surface area contributed by atoms with Crippen LogP contribution in [0, 0.1) is 0 Å². The molecule has 1 amide bonds. The van der Waals surface area contributed by atoms with Crippen LogP contribution in [-0.2, 0) is 15.7 Å². The Kier molecular flexibility index (Phi) is 8.12. The lowest BCUT2D eigenvalue weighted by Crippen LogP contribution is -2.38. The van der Waals surface area contributed by atoms with Crippen LogP contribution in [0.25, 0.3) is 21.8 Å². The number of ether oxygens (including phenoxy) is 1. The van der Waals surface area contributed by atoms with Crippen LogP contribution in [0.2, 0.25) is 0 Å². The van der Waals surface area contributed by atoms with Gasteiger partial charge in [-0.05, 0) is 45.6 Å². The Morgan fingerprint density at radius 1 is 1.26 bits per heavy atom. The van der Waals surface area contributed by atoms with Gasteiger partial charge in [0, 0.05) is 48.2 Å². The molecule has 0 bridgehead atoms. The number of imidazole rings is 1. The van der Waals surface area contributed by atoms with Gasteiger partial charge in [0.25, 0.3) is 0 Å². The predicted molar refractivity (Wildman–Crippen MR) is 135 cm³/mol. The van der Waals surface area contributed by atoms with Crippen LogP contribution in [0.1, 0.15) is 57.4 Å². The Balaban J connectivity index is 1.48. The first-order valence-electron chi connectivity index (χ1n) is 11.7. The molecular formula is C24H31N5O3S2. The van der Waals surface area contributed by atoms with Gasteiger partial charge in [-0.2, -0.15) is 0 Å². The van der Waals surface area contributed by atoms with E-state index in [0.29, 0.717) is 12.5 Å². The number of hydrogen-bond acceptors (Lipinski definition) is 6. The lowest BCUT2D eigenvalue weighted by atomic mass is 9.86. The number of thiazole rings is 1. The van der Waals surface area contributed by atoms with Gasteiger partial charge in [0.2, 0.25) is 0 Å². The van der Waals surface area contributed by atoms with Gasteiger partial charge in [-0.25, -0.2) is 23.7 Å². The number of carbonyl (C=O) groups is 1. The fourth-order valence-corrected chi connectivity index (χ4v) is 6.38. The maximum atomic E-state index is 13.0. The smallest absolute Gasteiger partial charge is 0.407 e. The minimum atomic E-state index is -1.34. The first kappa shape index (κ1) is 24.6. The van der Waals surface area contributed by atoms with Gasteiger partial charge < -0.3 is 15.0 Å². The second-order valence-electron chi connectivity index (χ2n) is 8.63. The summed E-state index contributed by atoms with van der Waals surface area (Å²) in [7, 11) is -1.34. The normalized spacial score (nSPS) is 19.2. The summed E-state index contributed by atoms with van der Waals surface area (Å²) in [5.74, 6) is 1.11. The lowest BCUT2D eigenvalue weighted by Gasteiger charge is -2.28. The Bertz CT molecular complexity index is 1120. The number of aromatic nitrogens is 3. The molecule has 0 aliphatic heterocycles. The van der Waals surface area contributed by atoms with Crippen molar-refractivity contribution in [2.24, 2.45) is 0 Å². The standard InChI is InChI=1S/C24H31N5O3S2/c1-4-28-34(31)21-13-17(22-25-11-12-26-22)7-10-19(21)20-14-27-23(33-20)16-5-8-18(9-6-16)29-24(30)32-15(2)3/h7,10-16,18,28H,4-6,8-9H2,1-3H3,(H,25,26)(H,29,30). The highest BCUT2D eigenvalue weighted by atomic mass is 32.2. The van der Waals surface area contributed by atoms with Crippen molar-refractivity contribution in [2.45, 2.75) is 69.4 Å². The summed E-state index contributed by atoms with van der Waals surface area (Å²) >= 11 is 1.66. The summed E-state index contributed by atoms with van der Waals surface area (Å²) in [6.07, 6.45) is 8.65. The number of nitrogens with zero attached hydrogens (tertiary/aromatic N) is 2. The average Bonchev–Trinajstić information content (AvgIpc) is 3.51. The SMILES string of the molecule is CCNS(=O)c1cc(-c2ncc[nH]2)ccc1-c1cnc(C2CCC(NC(=O)OC(C)C)CC2)s1. The van der Waals surface area contributed by atoms with E-state index in [-0.39, 0.29) is 18.2 Å². The third-order valence-corrected chi connectivity index (χ3v) is 8.24. The van der Waals surface area contributed by atoms with Crippen molar-refractivity contribution in [3.8, 4) is 21.8 Å². The molecule has 4 rings (SSSR count). The monoisotopic (exact) mass is 501 g/mol. The molecule has 10 heteroatoms. The van der Waals surface area contributed by atoms with E-state index in [2.05, 4.69) is 20.0 Å². The largest absolute Gasteiger partial charge is 0.447 e. The number of carbonyl (C=O) groups excluding carboxylic acids is 1. The summed E-state index contributed by atoms with van der Waals surface area (Å²) in [6, 6.07) is 6.07. The number of aromatic amines is 1. The zero-order valence-corrected chi connectivity index (χ0v) is 21.3. The van der Waals surface area contributed by atoms with Crippen molar-refractivity contribution >= 4 is 28.4 Å². The van der Waals surface area contributed by atoms with Gasteiger partial charge in [0.1, 0.15) is 16.8 Å². The third-order valence-electron chi connectivity index (χ3n) is 5.76.